The van der Waals surface area contributed by atoms with Crippen molar-refractivity contribution < 1.29 is 14.1 Å². The molecule has 0 atom stereocenters. The molecule has 0 spiro atoms. The molecule has 0 saturated carbocycles. The zero-order chi connectivity index (χ0) is 20.5. The number of rotatable bonds is 4. The lowest BCUT2D eigenvalue weighted by Crippen LogP contribution is -2.30. The van der Waals surface area contributed by atoms with E-state index in [1.54, 1.807) is 18.2 Å². The number of anilines is 1. The first kappa shape index (κ1) is 19.5. The summed E-state index contributed by atoms with van der Waals surface area (Å²) in [6.07, 6.45) is 0.725. The van der Waals surface area contributed by atoms with Crippen LogP contribution < -0.4 is 9.64 Å². The fourth-order valence-electron chi connectivity index (χ4n) is 3.37. The average Bonchev–Trinajstić information content (AvgIpc) is 2.70. The first-order valence-corrected chi connectivity index (χ1v) is 9.60. The molecule has 8 heteroatoms. The summed E-state index contributed by atoms with van der Waals surface area (Å²) >= 11 is 12.2. The summed E-state index contributed by atoms with van der Waals surface area (Å²) in [7, 11) is 0. The zero-order valence-electron chi connectivity index (χ0n) is 15.1. The van der Waals surface area contributed by atoms with E-state index in [0.29, 0.717) is 24.5 Å². The van der Waals surface area contributed by atoms with Crippen molar-refractivity contribution in [2.45, 2.75) is 13.0 Å². The highest BCUT2D eigenvalue weighted by Crippen LogP contribution is 2.40. The molecule has 3 aromatic carbocycles. The van der Waals surface area contributed by atoms with E-state index < -0.39 is 4.92 Å². The highest BCUT2D eigenvalue weighted by Gasteiger charge is 2.21. The van der Waals surface area contributed by atoms with Gasteiger partial charge in [0.1, 0.15) is 11.6 Å². The summed E-state index contributed by atoms with van der Waals surface area (Å²) in [4.78, 5) is 12.3. The Morgan fingerprint density at radius 3 is 2.45 bits per heavy atom. The van der Waals surface area contributed by atoms with Crippen LogP contribution in [0.25, 0.3) is 0 Å². The van der Waals surface area contributed by atoms with Crippen LogP contribution in [0.4, 0.5) is 15.8 Å². The first-order valence-electron chi connectivity index (χ1n) is 8.85. The van der Waals surface area contributed by atoms with Gasteiger partial charge in [-0.2, -0.15) is 0 Å². The largest absolute Gasteiger partial charge is 0.454 e. The van der Waals surface area contributed by atoms with Crippen molar-refractivity contribution in [2.24, 2.45) is 0 Å². The molecule has 0 fully saturated rings. The van der Waals surface area contributed by atoms with Crippen molar-refractivity contribution in [3.8, 4) is 11.5 Å². The molecule has 0 unspecified atom stereocenters. The summed E-state index contributed by atoms with van der Waals surface area (Å²) in [6, 6.07) is 14.7. The number of halogens is 3. The topological polar surface area (TPSA) is 55.6 Å². The summed E-state index contributed by atoms with van der Waals surface area (Å²) in [5.74, 6) is 0.460. The number of hydrogen-bond acceptors (Lipinski definition) is 4. The number of nitro benzene ring substituents is 1. The van der Waals surface area contributed by atoms with Gasteiger partial charge in [-0.1, -0.05) is 41.4 Å². The molecule has 0 radical (unpaired) electrons. The van der Waals surface area contributed by atoms with Crippen LogP contribution in [0.2, 0.25) is 10.0 Å². The van der Waals surface area contributed by atoms with Gasteiger partial charge < -0.3 is 9.64 Å². The van der Waals surface area contributed by atoms with E-state index in [9.17, 15) is 14.5 Å². The van der Waals surface area contributed by atoms with Gasteiger partial charge in [0.15, 0.2) is 5.75 Å². The quantitative estimate of drug-likeness (QED) is 0.353. The predicted molar refractivity (Wildman–Crippen MR) is 111 cm³/mol. The smallest absolute Gasteiger partial charge is 0.272 e. The van der Waals surface area contributed by atoms with Crippen molar-refractivity contribution in [1.82, 2.24) is 0 Å². The molecular weight excluding hydrogens is 418 g/mol. The van der Waals surface area contributed by atoms with Crippen LogP contribution in [0.15, 0.2) is 54.6 Å². The summed E-state index contributed by atoms with van der Waals surface area (Å²) in [6.45, 7) is 1.27. The van der Waals surface area contributed by atoms with Crippen LogP contribution >= 0.6 is 23.2 Å². The van der Waals surface area contributed by atoms with E-state index in [1.807, 2.05) is 23.1 Å². The molecule has 3 aromatic rings. The Balaban J connectivity index is 1.56. The van der Waals surface area contributed by atoms with Gasteiger partial charge in [-0.3, -0.25) is 10.1 Å². The maximum absolute atomic E-state index is 14.1. The first-order chi connectivity index (χ1) is 13.9. The normalized spacial score (nSPS) is 13.1. The van der Waals surface area contributed by atoms with Crippen LogP contribution in [0.1, 0.15) is 11.1 Å². The molecule has 0 aliphatic carbocycles. The fourth-order valence-corrected chi connectivity index (χ4v) is 3.93. The van der Waals surface area contributed by atoms with Crippen molar-refractivity contribution in [1.29, 1.82) is 0 Å². The Morgan fingerprint density at radius 1 is 1.03 bits per heavy atom. The highest BCUT2D eigenvalue weighted by atomic mass is 35.5. The number of para-hydroxylation sites is 1. The van der Waals surface area contributed by atoms with Crippen LogP contribution in [0, 0.1) is 15.9 Å². The van der Waals surface area contributed by atoms with Crippen LogP contribution in [-0.4, -0.2) is 11.5 Å². The van der Waals surface area contributed by atoms with Gasteiger partial charge in [0.05, 0.1) is 20.7 Å². The van der Waals surface area contributed by atoms with Gasteiger partial charge in [-0.15, -0.1) is 0 Å². The molecule has 1 aliphatic heterocycles. The third-order valence-electron chi connectivity index (χ3n) is 4.80. The monoisotopic (exact) mass is 432 g/mol. The second kappa shape index (κ2) is 7.89. The van der Waals surface area contributed by atoms with Crippen LogP contribution in [0.5, 0.6) is 11.5 Å². The number of ether oxygens (including phenoxy) is 1. The van der Waals surface area contributed by atoms with Gasteiger partial charge in [-0.25, -0.2) is 4.39 Å². The van der Waals surface area contributed by atoms with Gasteiger partial charge in [0.2, 0.25) is 0 Å². The molecule has 0 saturated heterocycles. The van der Waals surface area contributed by atoms with Crippen molar-refractivity contribution in [3.63, 3.8) is 0 Å². The SMILES string of the molecule is O=[N+]([O-])c1cc(Cl)c(Oc2ccc3c(c2)CCN(c2ccccc2F)C3)c(Cl)c1. The molecule has 0 aromatic heterocycles. The van der Waals surface area contributed by atoms with E-state index >= 15 is 0 Å². The van der Waals surface area contributed by atoms with Gasteiger partial charge in [-0.05, 0) is 41.8 Å². The summed E-state index contributed by atoms with van der Waals surface area (Å²) in [5, 5.41) is 11.0. The Bertz CT molecular complexity index is 1080. The van der Waals surface area contributed by atoms with Gasteiger partial charge in [0.25, 0.3) is 5.69 Å². The van der Waals surface area contributed by atoms with E-state index in [1.165, 1.54) is 18.2 Å². The molecule has 1 heterocycles. The van der Waals surface area contributed by atoms with Crippen molar-refractivity contribution >= 4 is 34.6 Å². The minimum Gasteiger partial charge on any atom is -0.454 e. The second-order valence-corrected chi connectivity index (χ2v) is 7.47. The van der Waals surface area contributed by atoms with E-state index in [4.69, 9.17) is 27.9 Å². The second-order valence-electron chi connectivity index (χ2n) is 6.65. The van der Waals surface area contributed by atoms with E-state index in [2.05, 4.69) is 0 Å². The maximum atomic E-state index is 14.1. The molecule has 0 N–H and O–H groups in total. The lowest BCUT2D eigenvalue weighted by molar-refractivity contribution is -0.384. The lowest BCUT2D eigenvalue weighted by Gasteiger charge is -2.31. The number of benzene rings is 3. The Hall–Kier alpha value is -2.83. The molecular formula is C21H15Cl2FN2O3. The van der Waals surface area contributed by atoms with E-state index in [0.717, 1.165) is 17.5 Å². The number of nitrogens with zero attached hydrogens (tertiary/aromatic N) is 2. The molecule has 148 valence electrons. The Labute approximate surface area is 176 Å². The van der Waals surface area contributed by atoms with E-state index in [-0.39, 0.29) is 27.3 Å². The molecule has 1 aliphatic rings. The molecule has 4 rings (SSSR count). The molecule has 0 bridgehead atoms. The Kier molecular flexibility index (Phi) is 5.30. The molecule has 29 heavy (non-hydrogen) atoms. The fraction of sp³-hybridized carbons (Fsp3) is 0.143. The summed E-state index contributed by atoms with van der Waals surface area (Å²) < 4.78 is 19.9. The lowest BCUT2D eigenvalue weighted by atomic mass is 9.99. The average molecular weight is 433 g/mol. The Morgan fingerprint density at radius 2 is 1.76 bits per heavy atom. The number of nitro groups is 1. The minimum atomic E-state index is -0.568. The summed E-state index contributed by atoms with van der Waals surface area (Å²) in [5.41, 5.74) is 2.55. The van der Waals surface area contributed by atoms with Crippen LogP contribution in [-0.2, 0) is 13.0 Å². The number of fused-ring (bicyclic) bond motifs is 1. The third-order valence-corrected chi connectivity index (χ3v) is 5.36. The number of hydrogen-bond donors (Lipinski definition) is 0. The van der Waals surface area contributed by atoms with Crippen molar-refractivity contribution in [3.05, 3.63) is 91.7 Å². The highest BCUT2D eigenvalue weighted by molar-refractivity contribution is 6.37. The zero-order valence-corrected chi connectivity index (χ0v) is 16.6. The number of non-ortho nitro benzene ring substituents is 1. The predicted octanol–water partition coefficient (Wildman–Crippen LogP) is 6.40. The third kappa shape index (κ3) is 3.99. The molecule has 0 amide bonds. The van der Waals surface area contributed by atoms with Gasteiger partial charge >= 0.3 is 0 Å². The maximum Gasteiger partial charge on any atom is 0.272 e. The minimum absolute atomic E-state index is 0.0626. The van der Waals surface area contributed by atoms with Crippen molar-refractivity contribution in [2.75, 3.05) is 11.4 Å². The van der Waals surface area contributed by atoms with Gasteiger partial charge in [0, 0.05) is 25.2 Å². The van der Waals surface area contributed by atoms with Crippen LogP contribution in [0.3, 0.4) is 0 Å². The molecule has 5 nitrogen and oxygen atoms in total. The standard InChI is InChI=1S/C21H15Cl2FN2O3/c22-17-10-15(26(27)28)11-18(23)21(17)29-16-6-5-14-12-25(8-7-13(14)9-16)20-4-2-1-3-19(20)24/h1-6,9-11H,7-8,12H2.